The highest BCUT2D eigenvalue weighted by Gasteiger charge is 2.26. The first-order valence-corrected chi connectivity index (χ1v) is 11.9. The van der Waals surface area contributed by atoms with Crippen LogP contribution in [0.2, 0.25) is 5.02 Å². The van der Waals surface area contributed by atoms with Crippen molar-refractivity contribution in [2.75, 3.05) is 18.1 Å². The third-order valence-electron chi connectivity index (χ3n) is 5.78. The predicted molar refractivity (Wildman–Crippen MR) is 137 cm³/mol. The number of aromatic nitrogens is 2. The molecule has 0 radical (unpaired) electrons. The van der Waals surface area contributed by atoms with Gasteiger partial charge in [-0.25, -0.2) is 4.98 Å². The fraction of sp³-hybridized carbons (Fsp3) is 0.192. The third kappa shape index (κ3) is 4.47. The number of nitriles is 1. The molecule has 3 aromatic carbocycles. The molecule has 0 aliphatic carbocycles. The van der Waals surface area contributed by atoms with Crippen LogP contribution in [-0.4, -0.2) is 23.3 Å². The molecule has 1 N–H and O–H groups in total. The van der Waals surface area contributed by atoms with E-state index in [1.54, 1.807) is 6.20 Å². The SMILES string of the molecule is COc1c(Cl)cc(C(C)(C)c2ccc(-c3ccc4nc(NSC)cnc4c3)cc2)cc1C#N. The van der Waals surface area contributed by atoms with Crippen LogP contribution in [0.5, 0.6) is 5.75 Å². The first-order chi connectivity index (χ1) is 15.9. The second kappa shape index (κ2) is 9.30. The Morgan fingerprint density at radius 3 is 2.39 bits per heavy atom. The molecule has 0 aliphatic heterocycles. The Morgan fingerprint density at radius 1 is 1.00 bits per heavy atom. The van der Waals surface area contributed by atoms with E-state index < -0.39 is 0 Å². The number of benzene rings is 3. The Labute approximate surface area is 202 Å². The zero-order valence-electron chi connectivity index (χ0n) is 18.8. The lowest BCUT2D eigenvalue weighted by molar-refractivity contribution is 0.413. The summed E-state index contributed by atoms with van der Waals surface area (Å²) in [6.45, 7) is 4.24. The van der Waals surface area contributed by atoms with Crippen LogP contribution in [0, 0.1) is 11.3 Å². The molecule has 33 heavy (non-hydrogen) atoms. The van der Waals surface area contributed by atoms with Gasteiger partial charge in [-0.2, -0.15) is 5.26 Å². The quantitative estimate of drug-likeness (QED) is 0.308. The maximum atomic E-state index is 9.51. The second-order valence-electron chi connectivity index (χ2n) is 8.12. The maximum absolute atomic E-state index is 9.51. The monoisotopic (exact) mass is 474 g/mol. The van der Waals surface area contributed by atoms with Crippen LogP contribution in [0.15, 0.2) is 60.8 Å². The van der Waals surface area contributed by atoms with E-state index in [2.05, 4.69) is 64.9 Å². The number of ether oxygens (including phenoxy) is 1. The molecule has 0 bridgehead atoms. The zero-order valence-corrected chi connectivity index (χ0v) is 20.4. The molecular formula is C26H23ClN4OS. The molecule has 1 heterocycles. The van der Waals surface area contributed by atoms with Crippen molar-refractivity contribution < 1.29 is 4.74 Å². The highest BCUT2D eigenvalue weighted by molar-refractivity contribution is 7.99. The van der Waals surface area contributed by atoms with Gasteiger partial charge in [0.1, 0.15) is 6.07 Å². The first-order valence-electron chi connectivity index (χ1n) is 10.3. The molecule has 0 fully saturated rings. The summed E-state index contributed by atoms with van der Waals surface area (Å²) in [5, 5.41) is 9.95. The molecule has 4 rings (SSSR count). The van der Waals surface area contributed by atoms with E-state index in [1.165, 1.54) is 19.1 Å². The van der Waals surface area contributed by atoms with Crippen molar-refractivity contribution in [2.24, 2.45) is 0 Å². The van der Waals surface area contributed by atoms with E-state index >= 15 is 0 Å². The van der Waals surface area contributed by atoms with Crippen LogP contribution in [0.1, 0.15) is 30.5 Å². The molecule has 0 unspecified atom stereocenters. The number of hydrogen-bond donors (Lipinski definition) is 1. The highest BCUT2D eigenvalue weighted by atomic mass is 35.5. The summed E-state index contributed by atoms with van der Waals surface area (Å²) < 4.78 is 8.39. The van der Waals surface area contributed by atoms with Gasteiger partial charge in [0.2, 0.25) is 0 Å². The minimum absolute atomic E-state index is 0.352. The van der Waals surface area contributed by atoms with Crippen molar-refractivity contribution in [3.8, 4) is 22.9 Å². The molecule has 0 amide bonds. The zero-order chi connectivity index (χ0) is 23.6. The van der Waals surface area contributed by atoms with Gasteiger partial charge in [0, 0.05) is 11.7 Å². The van der Waals surface area contributed by atoms with Gasteiger partial charge in [0.15, 0.2) is 11.6 Å². The van der Waals surface area contributed by atoms with Crippen LogP contribution in [0.4, 0.5) is 5.82 Å². The normalized spacial score (nSPS) is 11.3. The van der Waals surface area contributed by atoms with E-state index in [0.29, 0.717) is 16.3 Å². The minimum Gasteiger partial charge on any atom is -0.494 e. The van der Waals surface area contributed by atoms with Gasteiger partial charge in [-0.05, 0) is 46.5 Å². The topological polar surface area (TPSA) is 70.8 Å². The lowest BCUT2D eigenvalue weighted by Gasteiger charge is -2.27. The van der Waals surface area contributed by atoms with Crippen molar-refractivity contribution in [1.82, 2.24) is 9.97 Å². The fourth-order valence-corrected chi connectivity index (χ4v) is 4.44. The number of halogens is 1. The van der Waals surface area contributed by atoms with Crippen molar-refractivity contribution in [3.05, 3.63) is 82.5 Å². The van der Waals surface area contributed by atoms with E-state index in [-0.39, 0.29) is 5.41 Å². The number of nitrogens with zero attached hydrogens (tertiary/aromatic N) is 3. The lowest BCUT2D eigenvalue weighted by atomic mass is 9.77. The van der Waals surface area contributed by atoms with Crippen LogP contribution >= 0.6 is 23.5 Å². The van der Waals surface area contributed by atoms with Gasteiger partial charge in [0.05, 0.1) is 34.9 Å². The first kappa shape index (κ1) is 22.9. The van der Waals surface area contributed by atoms with Gasteiger partial charge in [0.25, 0.3) is 0 Å². The number of anilines is 1. The number of rotatable bonds is 6. The molecule has 0 spiro atoms. The van der Waals surface area contributed by atoms with Gasteiger partial charge >= 0.3 is 0 Å². The highest BCUT2D eigenvalue weighted by Crippen LogP contribution is 2.38. The second-order valence-corrected chi connectivity index (χ2v) is 9.14. The molecule has 166 valence electrons. The molecule has 0 saturated carbocycles. The summed E-state index contributed by atoms with van der Waals surface area (Å²) in [5.41, 5.74) is 6.01. The molecule has 4 aromatic rings. The number of fused-ring (bicyclic) bond motifs is 1. The number of nitrogens with one attached hydrogen (secondary N) is 1. The molecule has 0 atom stereocenters. The number of methoxy groups -OCH3 is 1. The van der Waals surface area contributed by atoms with E-state index in [1.807, 2.05) is 30.5 Å². The molecule has 0 aliphatic rings. The molecule has 5 nitrogen and oxygen atoms in total. The summed E-state index contributed by atoms with van der Waals surface area (Å²) in [6, 6.07) is 20.4. The summed E-state index contributed by atoms with van der Waals surface area (Å²) in [7, 11) is 1.52. The summed E-state index contributed by atoms with van der Waals surface area (Å²) in [5.74, 6) is 1.15. The summed E-state index contributed by atoms with van der Waals surface area (Å²) >= 11 is 7.88. The van der Waals surface area contributed by atoms with Crippen molar-refractivity contribution in [3.63, 3.8) is 0 Å². The van der Waals surface area contributed by atoms with Gasteiger partial charge in [-0.1, -0.05) is 67.7 Å². The largest absolute Gasteiger partial charge is 0.494 e. The van der Waals surface area contributed by atoms with Crippen LogP contribution < -0.4 is 9.46 Å². The minimum atomic E-state index is -0.352. The smallest absolute Gasteiger partial charge is 0.155 e. The Balaban J connectivity index is 1.66. The van der Waals surface area contributed by atoms with Crippen molar-refractivity contribution in [1.29, 1.82) is 5.26 Å². The van der Waals surface area contributed by atoms with E-state index in [0.717, 1.165) is 39.1 Å². The number of hydrogen-bond acceptors (Lipinski definition) is 6. The maximum Gasteiger partial charge on any atom is 0.155 e. The van der Waals surface area contributed by atoms with Crippen molar-refractivity contribution in [2.45, 2.75) is 19.3 Å². The molecular weight excluding hydrogens is 452 g/mol. The van der Waals surface area contributed by atoms with Crippen LogP contribution in [0.25, 0.3) is 22.2 Å². The Morgan fingerprint density at radius 2 is 1.73 bits per heavy atom. The summed E-state index contributed by atoms with van der Waals surface area (Å²) in [6.07, 6.45) is 3.69. The third-order valence-corrected chi connectivity index (χ3v) is 6.47. The van der Waals surface area contributed by atoms with Gasteiger partial charge in [-0.15, -0.1) is 0 Å². The van der Waals surface area contributed by atoms with E-state index in [4.69, 9.17) is 16.3 Å². The fourth-order valence-electron chi connectivity index (χ4n) is 3.83. The lowest BCUT2D eigenvalue weighted by Crippen LogP contribution is -2.19. The van der Waals surface area contributed by atoms with Crippen LogP contribution in [-0.2, 0) is 5.41 Å². The standard InChI is InChI=1S/C26H23ClN4OS/c1-26(2,20-11-18(14-28)25(32-3)21(27)13-20)19-8-5-16(6-9-19)17-7-10-22-23(12-17)29-15-24(30-22)31-33-4/h5-13,15H,1-4H3,(H,30,31). The predicted octanol–water partition coefficient (Wildman–Crippen LogP) is 6.85. The molecule has 1 aromatic heterocycles. The molecule has 0 saturated heterocycles. The summed E-state index contributed by atoms with van der Waals surface area (Å²) in [4.78, 5) is 9.11. The Kier molecular flexibility index (Phi) is 6.46. The Bertz CT molecular complexity index is 1360. The van der Waals surface area contributed by atoms with Crippen LogP contribution in [0.3, 0.4) is 0 Å². The van der Waals surface area contributed by atoms with Gasteiger partial charge in [-0.3, -0.25) is 4.98 Å². The van der Waals surface area contributed by atoms with E-state index in [9.17, 15) is 5.26 Å². The average Bonchev–Trinajstić information content (AvgIpc) is 2.83. The molecule has 7 heteroatoms. The van der Waals surface area contributed by atoms with Gasteiger partial charge < -0.3 is 9.46 Å². The average molecular weight is 475 g/mol. The van der Waals surface area contributed by atoms with Crippen molar-refractivity contribution >= 4 is 40.4 Å². The Hall–Kier alpha value is -3.27.